The zero-order valence-corrected chi connectivity index (χ0v) is 8.99. The maximum Gasteiger partial charge on any atom is 0.0926 e. The average Bonchev–Trinajstić information content (AvgIpc) is 2.56. The topological polar surface area (TPSA) is 17.8 Å². The van der Waals surface area contributed by atoms with E-state index in [4.69, 9.17) is 0 Å². The van der Waals surface area contributed by atoms with Crippen LogP contribution in [0.1, 0.15) is 31.7 Å². The molecule has 2 rings (SSSR count). The van der Waals surface area contributed by atoms with Crippen molar-refractivity contribution in [3.05, 3.63) is 30.0 Å². The maximum absolute atomic E-state index is 4.41. The number of hydrogen-bond acceptors (Lipinski definition) is 1. The largest absolute Gasteiger partial charge is 0.275 e. The molecule has 0 N–H and O–H groups in total. The van der Waals surface area contributed by atoms with E-state index in [0.717, 1.165) is 5.52 Å². The second-order valence-corrected chi connectivity index (χ2v) is 3.89. The summed E-state index contributed by atoms with van der Waals surface area (Å²) in [4.78, 5) is 0. The third-order valence-electron chi connectivity index (χ3n) is 2.84. The molecule has 1 heterocycles. The molecule has 0 aliphatic heterocycles. The lowest BCUT2D eigenvalue weighted by Crippen LogP contribution is -1.91. The molecule has 2 aromatic rings. The van der Waals surface area contributed by atoms with Gasteiger partial charge in [0.2, 0.25) is 0 Å². The van der Waals surface area contributed by atoms with Gasteiger partial charge < -0.3 is 0 Å². The molecule has 0 saturated carbocycles. The minimum Gasteiger partial charge on any atom is -0.275 e. The van der Waals surface area contributed by atoms with E-state index in [9.17, 15) is 0 Å². The summed E-state index contributed by atoms with van der Waals surface area (Å²) < 4.78 is 1.89. The number of aryl methyl sites for hydroxylation is 1. The van der Waals surface area contributed by atoms with Gasteiger partial charge in [-0.05, 0) is 24.0 Å². The van der Waals surface area contributed by atoms with Crippen molar-refractivity contribution in [3.8, 4) is 0 Å². The molecule has 0 aliphatic carbocycles. The molecular weight excluding hydrogens is 172 g/mol. The summed E-state index contributed by atoms with van der Waals surface area (Å²) in [6.07, 6.45) is 3.28. The van der Waals surface area contributed by atoms with Crippen molar-refractivity contribution in [2.75, 3.05) is 0 Å². The van der Waals surface area contributed by atoms with Crippen LogP contribution in [0, 0.1) is 0 Å². The number of rotatable bonds is 2. The molecule has 0 radical (unpaired) electrons. The molecule has 1 atom stereocenters. The minimum atomic E-state index is 0.614. The van der Waals surface area contributed by atoms with Gasteiger partial charge in [-0.25, -0.2) is 0 Å². The molecule has 14 heavy (non-hydrogen) atoms. The molecule has 0 fully saturated rings. The summed E-state index contributed by atoms with van der Waals surface area (Å²) in [7, 11) is 1.97. The Morgan fingerprint density at radius 1 is 1.43 bits per heavy atom. The first-order chi connectivity index (χ1) is 6.72. The monoisotopic (exact) mass is 188 g/mol. The molecule has 1 aromatic heterocycles. The van der Waals surface area contributed by atoms with Crippen molar-refractivity contribution in [2.24, 2.45) is 7.05 Å². The van der Waals surface area contributed by atoms with Crippen LogP contribution < -0.4 is 0 Å². The van der Waals surface area contributed by atoms with E-state index in [-0.39, 0.29) is 0 Å². The van der Waals surface area contributed by atoms with Crippen LogP contribution >= 0.6 is 0 Å². The summed E-state index contributed by atoms with van der Waals surface area (Å²) in [5.41, 5.74) is 2.52. The van der Waals surface area contributed by atoms with Gasteiger partial charge in [-0.15, -0.1) is 0 Å². The van der Waals surface area contributed by atoms with E-state index < -0.39 is 0 Å². The summed E-state index contributed by atoms with van der Waals surface area (Å²) in [5.74, 6) is 0.614. The standard InChI is InChI=1S/C12H16N2/c1-4-9(2)10-6-5-7-12-11(10)8-14(3)13-12/h5-9H,4H2,1-3H3. The first-order valence-corrected chi connectivity index (χ1v) is 5.14. The van der Waals surface area contributed by atoms with Crippen LogP contribution in [0.3, 0.4) is 0 Å². The van der Waals surface area contributed by atoms with Crippen LogP contribution in [0.15, 0.2) is 24.4 Å². The Kier molecular flexibility index (Phi) is 2.28. The summed E-state index contributed by atoms with van der Waals surface area (Å²) in [5, 5.41) is 5.70. The second kappa shape index (κ2) is 3.45. The highest BCUT2D eigenvalue weighted by atomic mass is 15.2. The minimum absolute atomic E-state index is 0.614. The molecule has 0 saturated heterocycles. The van der Waals surface area contributed by atoms with Crippen LogP contribution in [0.2, 0.25) is 0 Å². The zero-order chi connectivity index (χ0) is 10.1. The van der Waals surface area contributed by atoms with E-state index in [1.54, 1.807) is 0 Å². The van der Waals surface area contributed by atoms with E-state index in [1.807, 2.05) is 11.7 Å². The van der Waals surface area contributed by atoms with Crippen LogP contribution in [-0.2, 0) is 7.05 Å². The van der Waals surface area contributed by atoms with Crippen molar-refractivity contribution in [2.45, 2.75) is 26.2 Å². The third kappa shape index (κ3) is 1.41. The highest BCUT2D eigenvalue weighted by molar-refractivity contribution is 5.82. The number of aromatic nitrogens is 2. The van der Waals surface area contributed by atoms with Crippen LogP contribution in [0.4, 0.5) is 0 Å². The van der Waals surface area contributed by atoms with Gasteiger partial charge in [-0.1, -0.05) is 26.0 Å². The Labute approximate surface area is 84.5 Å². The van der Waals surface area contributed by atoms with Crippen LogP contribution in [0.25, 0.3) is 10.9 Å². The first kappa shape index (κ1) is 9.25. The summed E-state index contributed by atoms with van der Waals surface area (Å²) in [6.45, 7) is 4.49. The van der Waals surface area contributed by atoms with Gasteiger partial charge in [0.05, 0.1) is 5.52 Å². The molecule has 0 amide bonds. The van der Waals surface area contributed by atoms with Gasteiger partial charge >= 0.3 is 0 Å². The number of benzene rings is 1. The lowest BCUT2D eigenvalue weighted by atomic mass is 9.96. The Balaban J connectivity index is 2.64. The van der Waals surface area contributed by atoms with Gasteiger partial charge in [0, 0.05) is 18.6 Å². The normalized spacial score (nSPS) is 13.4. The highest BCUT2D eigenvalue weighted by Crippen LogP contribution is 2.26. The third-order valence-corrected chi connectivity index (χ3v) is 2.84. The molecule has 1 aromatic carbocycles. The number of fused-ring (bicyclic) bond motifs is 1. The summed E-state index contributed by atoms with van der Waals surface area (Å²) in [6, 6.07) is 6.37. The lowest BCUT2D eigenvalue weighted by molar-refractivity contribution is 0.739. The lowest BCUT2D eigenvalue weighted by Gasteiger charge is -2.09. The van der Waals surface area contributed by atoms with E-state index in [2.05, 4.69) is 43.3 Å². The Bertz CT molecular complexity index is 443. The van der Waals surface area contributed by atoms with E-state index >= 15 is 0 Å². The molecule has 2 heteroatoms. The van der Waals surface area contributed by atoms with Crippen molar-refractivity contribution >= 4 is 10.9 Å². The highest BCUT2D eigenvalue weighted by Gasteiger charge is 2.08. The second-order valence-electron chi connectivity index (χ2n) is 3.89. The molecule has 1 unspecified atom stereocenters. The number of nitrogens with zero attached hydrogens (tertiary/aromatic N) is 2. The maximum atomic E-state index is 4.41. The van der Waals surface area contributed by atoms with Crippen molar-refractivity contribution in [1.82, 2.24) is 9.78 Å². The van der Waals surface area contributed by atoms with Gasteiger partial charge in [-0.2, -0.15) is 5.10 Å². The van der Waals surface area contributed by atoms with Gasteiger partial charge in [0.1, 0.15) is 0 Å². The fourth-order valence-corrected chi connectivity index (χ4v) is 1.83. The Hall–Kier alpha value is -1.31. The SMILES string of the molecule is CCC(C)c1cccc2nn(C)cc12. The van der Waals surface area contributed by atoms with Crippen molar-refractivity contribution < 1.29 is 0 Å². The Morgan fingerprint density at radius 2 is 2.21 bits per heavy atom. The quantitative estimate of drug-likeness (QED) is 0.708. The van der Waals surface area contributed by atoms with Gasteiger partial charge in [-0.3, -0.25) is 4.68 Å². The molecular formula is C12H16N2. The predicted molar refractivity (Wildman–Crippen MR) is 59.4 cm³/mol. The van der Waals surface area contributed by atoms with Crippen molar-refractivity contribution in [1.29, 1.82) is 0 Å². The molecule has 0 aliphatic rings. The zero-order valence-electron chi connectivity index (χ0n) is 8.99. The first-order valence-electron chi connectivity index (χ1n) is 5.14. The Morgan fingerprint density at radius 3 is 2.93 bits per heavy atom. The van der Waals surface area contributed by atoms with Crippen molar-refractivity contribution in [3.63, 3.8) is 0 Å². The number of hydrogen-bond donors (Lipinski definition) is 0. The molecule has 74 valence electrons. The van der Waals surface area contributed by atoms with Gasteiger partial charge in [0.25, 0.3) is 0 Å². The molecule has 2 nitrogen and oxygen atoms in total. The molecule has 0 spiro atoms. The van der Waals surface area contributed by atoms with E-state index in [0.29, 0.717) is 5.92 Å². The van der Waals surface area contributed by atoms with E-state index in [1.165, 1.54) is 17.4 Å². The molecule has 0 bridgehead atoms. The average molecular weight is 188 g/mol. The van der Waals surface area contributed by atoms with Gasteiger partial charge in [0.15, 0.2) is 0 Å². The van der Waals surface area contributed by atoms with Crippen LogP contribution in [0.5, 0.6) is 0 Å². The smallest absolute Gasteiger partial charge is 0.0926 e. The predicted octanol–water partition coefficient (Wildman–Crippen LogP) is 3.09. The fraction of sp³-hybridized carbons (Fsp3) is 0.417. The summed E-state index contributed by atoms with van der Waals surface area (Å²) >= 11 is 0. The van der Waals surface area contributed by atoms with Crippen LogP contribution in [-0.4, -0.2) is 9.78 Å². The fourth-order valence-electron chi connectivity index (χ4n) is 1.83.